The Labute approximate surface area is 97.5 Å². The number of carbonyl (C=O) groups is 1. The van der Waals surface area contributed by atoms with Crippen LogP contribution in [0.4, 0.5) is 5.69 Å². The van der Waals surface area contributed by atoms with Crippen LogP contribution in [-0.2, 0) is 10.3 Å². The van der Waals surface area contributed by atoms with E-state index in [1.807, 2.05) is 46.1 Å². The quantitative estimate of drug-likeness (QED) is 0.846. The predicted octanol–water partition coefficient (Wildman–Crippen LogP) is 2.12. The molecule has 88 valence electrons. The SMILES string of the molecule is CC(=O)NC(C)(C)c1ccccc1N(C)C. The third-order valence-electron chi connectivity index (χ3n) is 2.55. The summed E-state index contributed by atoms with van der Waals surface area (Å²) in [4.78, 5) is 13.2. The van der Waals surface area contributed by atoms with Crippen molar-refractivity contribution in [3.63, 3.8) is 0 Å². The molecule has 0 aromatic heterocycles. The van der Waals surface area contributed by atoms with Gasteiger partial charge in [0, 0.05) is 32.3 Å². The Morgan fingerprint density at radius 1 is 1.25 bits per heavy atom. The van der Waals surface area contributed by atoms with Gasteiger partial charge in [-0.2, -0.15) is 0 Å². The first kappa shape index (κ1) is 12.6. The van der Waals surface area contributed by atoms with Gasteiger partial charge in [-0.25, -0.2) is 0 Å². The minimum absolute atomic E-state index is 0.0152. The number of amides is 1. The molecule has 3 nitrogen and oxygen atoms in total. The molecule has 3 heteroatoms. The van der Waals surface area contributed by atoms with Gasteiger partial charge in [-0.1, -0.05) is 18.2 Å². The minimum Gasteiger partial charge on any atom is -0.377 e. The maximum absolute atomic E-state index is 11.2. The third kappa shape index (κ3) is 2.75. The normalized spacial score (nSPS) is 11.1. The molecular formula is C13H20N2O. The number of carbonyl (C=O) groups excluding carboxylic acids is 1. The molecular weight excluding hydrogens is 200 g/mol. The van der Waals surface area contributed by atoms with Crippen molar-refractivity contribution < 1.29 is 4.79 Å². The van der Waals surface area contributed by atoms with Gasteiger partial charge in [0.15, 0.2) is 0 Å². The largest absolute Gasteiger partial charge is 0.377 e. The highest BCUT2D eigenvalue weighted by Crippen LogP contribution is 2.29. The minimum atomic E-state index is -0.354. The van der Waals surface area contributed by atoms with Crippen LogP contribution in [0.2, 0.25) is 0 Å². The Balaban J connectivity index is 3.16. The van der Waals surface area contributed by atoms with E-state index in [0.29, 0.717) is 0 Å². The molecule has 1 aromatic carbocycles. The highest BCUT2D eigenvalue weighted by atomic mass is 16.1. The van der Waals surface area contributed by atoms with Gasteiger partial charge in [0.2, 0.25) is 5.91 Å². The number of anilines is 1. The second kappa shape index (κ2) is 4.56. The van der Waals surface area contributed by atoms with Gasteiger partial charge in [0.05, 0.1) is 5.54 Å². The summed E-state index contributed by atoms with van der Waals surface area (Å²) < 4.78 is 0. The fourth-order valence-electron chi connectivity index (χ4n) is 1.90. The molecule has 1 rings (SSSR count). The van der Waals surface area contributed by atoms with Crippen molar-refractivity contribution in [2.24, 2.45) is 0 Å². The van der Waals surface area contributed by atoms with Gasteiger partial charge in [-0.15, -0.1) is 0 Å². The van der Waals surface area contributed by atoms with Crippen LogP contribution in [0.25, 0.3) is 0 Å². The van der Waals surface area contributed by atoms with Crippen LogP contribution in [0, 0.1) is 0 Å². The van der Waals surface area contributed by atoms with Crippen molar-refractivity contribution in [1.82, 2.24) is 5.32 Å². The van der Waals surface area contributed by atoms with E-state index in [2.05, 4.69) is 16.3 Å². The molecule has 1 N–H and O–H groups in total. The van der Waals surface area contributed by atoms with E-state index in [0.717, 1.165) is 11.3 Å². The maximum atomic E-state index is 11.2. The van der Waals surface area contributed by atoms with Crippen molar-refractivity contribution >= 4 is 11.6 Å². The highest BCUT2D eigenvalue weighted by molar-refractivity contribution is 5.74. The molecule has 16 heavy (non-hydrogen) atoms. The van der Waals surface area contributed by atoms with Gasteiger partial charge in [0.25, 0.3) is 0 Å². The van der Waals surface area contributed by atoms with Crippen molar-refractivity contribution in [2.45, 2.75) is 26.3 Å². The van der Waals surface area contributed by atoms with Gasteiger partial charge in [-0.05, 0) is 19.9 Å². The summed E-state index contributed by atoms with van der Waals surface area (Å²) in [7, 11) is 4.01. The van der Waals surface area contributed by atoms with E-state index in [4.69, 9.17) is 0 Å². The van der Waals surface area contributed by atoms with Crippen molar-refractivity contribution in [3.8, 4) is 0 Å². The van der Waals surface area contributed by atoms with Gasteiger partial charge < -0.3 is 10.2 Å². The number of benzene rings is 1. The van der Waals surface area contributed by atoms with E-state index >= 15 is 0 Å². The molecule has 0 spiro atoms. The average Bonchev–Trinajstić information content (AvgIpc) is 2.15. The Morgan fingerprint density at radius 2 is 1.81 bits per heavy atom. The van der Waals surface area contributed by atoms with E-state index in [1.165, 1.54) is 0 Å². The first-order valence-corrected chi connectivity index (χ1v) is 5.40. The van der Waals surface area contributed by atoms with E-state index in [1.54, 1.807) is 6.92 Å². The average molecular weight is 220 g/mol. The van der Waals surface area contributed by atoms with E-state index in [9.17, 15) is 4.79 Å². The summed E-state index contributed by atoms with van der Waals surface area (Å²) in [6, 6.07) is 8.10. The standard InChI is InChI=1S/C13H20N2O/c1-10(16)14-13(2,3)11-8-6-7-9-12(11)15(4)5/h6-9H,1-5H3,(H,14,16). The number of rotatable bonds is 3. The Morgan fingerprint density at radius 3 is 2.31 bits per heavy atom. The molecule has 0 saturated heterocycles. The van der Waals surface area contributed by atoms with Crippen LogP contribution < -0.4 is 10.2 Å². The highest BCUT2D eigenvalue weighted by Gasteiger charge is 2.24. The molecule has 0 heterocycles. The first-order valence-electron chi connectivity index (χ1n) is 5.40. The fourth-order valence-corrected chi connectivity index (χ4v) is 1.90. The lowest BCUT2D eigenvalue weighted by Crippen LogP contribution is -2.40. The van der Waals surface area contributed by atoms with Crippen LogP contribution in [0.1, 0.15) is 26.3 Å². The molecule has 1 amide bonds. The summed E-state index contributed by atoms with van der Waals surface area (Å²) in [6.45, 7) is 5.56. The second-order valence-electron chi connectivity index (χ2n) is 4.72. The van der Waals surface area contributed by atoms with Crippen molar-refractivity contribution in [2.75, 3.05) is 19.0 Å². The van der Waals surface area contributed by atoms with Gasteiger partial charge in [-0.3, -0.25) is 4.79 Å². The molecule has 0 radical (unpaired) electrons. The topological polar surface area (TPSA) is 32.3 Å². The summed E-state index contributed by atoms with van der Waals surface area (Å²) in [5, 5.41) is 2.97. The summed E-state index contributed by atoms with van der Waals surface area (Å²) in [5.41, 5.74) is 1.89. The number of nitrogens with zero attached hydrogens (tertiary/aromatic N) is 1. The molecule has 0 fully saturated rings. The zero-order chi connectivity index (χ0) is 12.3. The first-order chi connectivity index (χ1) is 7.34. The van der Waals surface area contributed by atoms with Crippen LogP contribution in [0.15, 0.2) is 24.3 Å². The predicted molar refractivity (Wildman–Crippen MR) is 67.6 cm³/mol. The molecule has 1 aromatic rings. The van der Waals surface area contributed by atoms with Crippen LogP contribution in [0.5, 0.6) is 0 Å². The lowest BCUT2D eigenvalue weighted by molar-refractivity contribution is -0.120. The Bertz CT molecular complexity index is 383. The second-order valence-corrected chi connectivity index (χ2v) is 4.72. The van der Waals surface area contributed by atoms with Crippen LogP contribution >= 0.6 is 0 Å². The Hall–Kier alpha value is -1.51. The van der Waals surface area contributed by atoms with Crippen LogP contribution in [0.3, 0.4) is 0 Å². The van der Waals surface area contributed by atoms with Crippen molar-refractivity contribution in [1.29, 1.82) is 0 Å². The third-order valence-corrected chi connectivity index (χ3v) is 2.55. The maximum Gasteiger partial charge on any atom is 0.217 e. The summed E-state index contributed by atoms with van der Waals surface area (Å²) >= 11 is 0. The monoisotopic (exact) mass is 220 g/mol. The van der Waals surface area contributed by atoms with E-state index < -0.39 is 0 Å². The fraction of sp³-hybridized carbons (Fsp3) is 0.462. The lowest BCUT2D eigenvalue weighted by Gasteiger charge is -2.30. The molecule has 0 aliphatic rings. The lowest BCUT2D eigenvalue weighted by atomic mass is 9.92. The van der Waals surface area contributed by atoms with Crippen molar-refractivity contribution in [3.05, 3.63) is 29.8 Å². The number of hydrogen-bond acceptors (Lipinski definition) is 2. The molecule has 0 unspecified atom stereocenters. The van der Waals surface area contributed by atoms with E-state index in [-0.39, 0.29) is 11.4 Å². The number of para-hydroxylation sites is 1. The molecule has 0 aliphatic heterocycles. The zero-order valence-electron chi connectivity index (χ0n) is 10.7. The van der Waals surface area contributed by atoms with Crippen LogP contribution in [-0.4, -0.2) is 20.0 Å². The number of hydrogen-bond donors (Lipinski definition) is 1. The number of nitrogens with one attached hydrogen (secondary N) is 1. The Kier molecular flexibility index (Phi) is 3.58. The van der Waals surface area contributed by atoms with Gasteiger partial charge in [0.1, 0.15) is 0 Å². The molecule has 0 atom stereocenters. The molecule has 0 bridgehead atoms. The summed E-state index contributed by atoms with van der Waals surface area (Å²) in [5.74, 6) is -0.0152. The summed E-state index contributed by atoms with van der Waals surface area (Å²) in [6.07, 6.45) is 0. The molecule has 0 aliphatic carbocycles. The van der Waals surface area contributed by atoms with Gasteiger partial charge >= 0.3 is 0 Å². The molecule has 0 saturated carbocycles. The smallest absolute Gasteiger partial charge is 0.217 e. The zero-order valence-corrected chi connectivity index (χ0v) is 10.7.